The molecular weight excluding hydrogens is 397 g/mol. The number of hydrogen-bond donors (Lipinski definition) is 0. The summed E-state index contributed by atoms with van der Waals surface area (Å²) in [6, 6.07) is 13.7. The maximum atomic E-state index is 13.4. The predicted molar refractivity (Wildman–Crippen MR) is 117 cm³/mol. The lowest BCUT2D eigenvalue weighted by atomic mass is 10.1. The lowest BCUT2D eigenvalue weighted by molar-refractivity contribution is 0.627. The summed E-state index contributed by atoms with van der Waals surface area (Å²) in [7, 11) is 1.61. The Morgan fingerprint density at radius 1 is 1.00 bits per heavy atom. The Kier molecular flexibility index (Phi) is 4.18. The maximum Gasteiger partial charge on any atom is 0.332 e. The molecule has 0 saturated heterocycles. The zero-order valence-corrected chi connectivity index (χ0v) is 17.3. The van der Waals surface area contributed by atoms with Gasteiger partial charge in [0.1, 0.15) is 5.82 Å². The van der Waals surface area contributed by atoms with Crippen molar-refractivity contribution < 1.29 is 4.39 Å². The van der Waals surface area contributed by atoms with Gasteiger partial charge in [-0.1, -0.05) is 24.3 Å². The monoisotopic (exact) mass is 417 g/mol. The molecule has 0 unspecified atom stereocenters. The number of halogens is 1. The summed E-state index contributed by atoms with van der Waals surface area (Å²) in [5.41, 5.74) is 3.27. The molecule has 8 heteroatoms. The molecule has 0 N–H and O–H groups in total. The van der Waals surface area contributed by atoms with E-state index in [1.165, 1.54) is 21.3 Å². The minimum absolute atomic E-state index is 0.180. The first kappa shape index (κ1) is 19.0. The Bertz CT molecular complexity index is 1590. The second kappa shape index (κ2) is 6.80. The molecule has 0 fully saturated rings. The van der Waals surface area contributed by atoms with Crippen LogP contribution in [0.15, 0.2) is 64.3 Å². The van der Waals surface area contributed by atoms with E-state index in [1.54, 1.807) is 29.8 Å². The number of aryl methyl sites for hydroxylation is 3. The van der Waals surface area contributed by atoms with Gasteiger partial charge in [-0.15, -0.1) is 0 Å². The highest BCUT2D eigenvalue weighted by Gasteiger charge is 2.21. The molecule has 0 aliphatic heterocycles. The minimum Gasteiger partial charge on any atom is -0.283 e. The van der Waals surface area contributed by atoms with Crippen LogP contribution in [0.2, 0.25) is 0 Å². The lowest BCUT2D eigenvalue weighted by Gasteiger charge is -2.10. The van der Waals surface area contributed by atoms with Crippen molar-refractivity contribution in [2.45, 2.75) is 20.4 Å². The van der Waals surface area contributed by atoms with E-state index in [4.69, 9.17) is 0 Å². The minimum atomic E-state index is -0.424. The van der Waals surface area contributed by atoms with Gasteiger partial charge in [0.15, 0.2) is 11.2 Å². The van der Waals surface area contributed by atoms with Gasteiger partial charge < -0.3 is 0 Å². The Morgan fingerprint density at radius 3 is 2.42 bits per heavy atom. The fourth-order valence-electron chi connectivity index (χ4n) is 4.02. The van der Waals surface area contributed by atoms with Gasteiger partial charge in [-0.3, -0.25) is 22.9 Å². The molecule has 3 aromatic heterocycles. The van der Waals surface area contributed by atoms with E-state index in [1.807, 2.05) is 42.7 Å². The van der Waals surface area contributed by atoms with E-state index in [9.17, 15) is 14.0 Å². The van der Waals surface area contributed by atoms with Gasteiger partial charge in [-0.25, -0.2) is 9.18 Å². The van der Waals surface area contributed by atoms with Crippen LogP contribution in [-0.4, -0.2) is 23.1 Å². The third-order valence-electron chi connectivity index (χ3n) is 5.70. The maximum absolute atomic E-state index is 13.4. The summed E-state index contributed by atoms with van der Waals surface area (Å²) in [6.45, 7) is 4.02. The number of nitrogens with zero attached hydrogens (tertiary/aromatic N) is 5. The first-order chi connectivity index (χ1) is 14.9. The van der Waals surface area contributed by atoms with Gasteiger partial charge in [0, 0.05) is 24.6 Å². The molecule has 0 radical (unpaired) electrons. The van der Waals surface area contributed by atoms with Gasteiger partial charge in [-0.2, -0.15) is 4.98 Å². The van der Waals surface area contributed by atoms with Crippen molar-refractivity contribution in [1.29, 1.82) is 0 Å². The van der Waals surface area contributed by atoms with E-state index in [0.29, 0.717) is 16.9 Å². The highest BCUT2D eigenvalue weighted by molar-refractivity contribution is 5.76. The summed E-state index contributed by atoms with van der Waals surface area (Å²) < 4.78 is 19.6. The predicted octanol–water partition coefficient (Wildman–Crippen LogP) is 2.94. The van der Waals surface area contributed by atoms with Crippen LogP contribution in [0, 0.1) is 19.7 Å². The quantitative estimate of drug-likeness (QED) is 0.453. The van der Waals surface area contributed by atoms with Crippen molar-refractivity contribution >= 4 is 16.9 Å². The van der Waals surface area contributed by atoms with Gasteiger partial charge in [0.05, 0.1) is 6.54 Å². The molecule has 0 bridgehead atoms. The lowest BCUT2D eigenvalue weighted by Crippen LogP contribution is -2.39. The van der Waals surface area contributed by atoms with Crippen LogP contribution >= 0.6 is 0 Å². The second-order valence-corrected chi connectivity index (χ2v) is 7.70. The summed E-state index contributed by atoms with van der Waals surface area (Å²) >= 11 is 0. The average molecular weight is 417 g/mol. The van der Waals surface area contributed by atoms with Crippen LogP contribution in [-0.2, 0) is 13.6 Å². The highest BCUT2D eigenvalue weighted by Crippen LogP contribution is 2.21. The molecule has 0 atom stereocenters. The van der Waals surface area contributed by atoms with Crippen LogP contribution in [0.25, 0.3) is 22.6 Å². The van der Waals surface area contributed by atoms with Crippen molar-refractivity contribution in [2.24, 2.45) is 7.05 Å². The molecule has 5 rings (SSSR count). The first-order valence-electron chi connectivity index (χ1n) is 9.87. The van der Waals surface area contributed by atoms with Gasteiger partial charge in [-0.05, 0) is 49.2 Å². The van der Waals surface area contributed by atoms with Crippen molar-refractivity contribution in [3.05, 3.63) is 98.2 Å². The van der Waals surface area contributed by atoms with Crippen LogP contribution in [0.3, 0.4) is 0 Å². The van der Waals surface area contributed by atoms with Crippen molar-refractivity contribution in [2.75, 3.05) is 0 Å². The van der Waals surface area contributed by atoms with Crippen LogP contribution < -0.4 is 11.2 Å². The molecule has 0 aliphatic rings. The Balaban J connectivity index is 1.80. The van der Waals surface area contributed by atoms with E-state index in [2.05, 4.69) is 4.98 Å². The smallest absolute Gasteiger partial charge is 0.283 e. The zero-order valence-electron chi connectivity index (χ0n) is 17.3. The largest absolute Gasteiger partial charge is 0.332 e. The fraction of sp³-hybridized carbons (Fsp3) is 0.174. The first-order valence-corrected chi connectivity index (χ1v) is 9.87. The molecular formula is C23H20FN5O2. The molecule has 156 valence electrons. The van der Waals surface area contributed by atoms with Crippen molar-refractivity contribution in [3.63, 3.8) is 0 Å². The van der Waals surface area contributed by atoms with Gasteiger partial charge in [0.25, 0.3) is 5.56 Å². The summed E-state index contributed by atoms with van der Waals surface area (Å²) in [5, 5.41) is 0. The third kappa shape index (κ3) is 2.83. The summed E-state index contributed by atoms with van der Waals surface area (Å²) in [6.07, 6.45) is 1.80. The SMILES string of the molecule is Cc1ccccc1Cn1c(=O)c2c(nc3n(-c4ccc(F)cc4)c(C)cn23)n(C)c1=O. The van der Waals surface area contributed by atoms with Crippen molar-refractivity contribution in [1.82, 2.24) is 23.1 Å². The Hall–Kier alpha value is -3.94. The van der Waals surface area contributed by atoms with E-state index in [0.717, 1.165) is 22.5 Å². The number of rotatable bonds is 3. The number of imidazole rings is 2. The normalized spacial score (nSPS) is 11.6. The van der Waals surface area contributed by atoms with Gasteiger partial charge in [0.2, 0.25) is 5.78 Å². The molecule has 0 saturated carbocycles. The molecule has 5 aromatic rings. The number of benzene rings is 2. The number of fused-ring (bicyclic) bond motifs is 3. The number of hydrogen-bond acceptors (Lipinski definition) is 3. The standard InChI is InChI=1S/C23H20FN5O2/c1-14-6-4-5-7-16(14)13-28-21(30)19-20(26(3)23(28)31)25-22-27(19)12-15(2)29(22)18-10-8-17(24)9-11-18/h4-12H,13H2,1-3H3. The fourth-order valence-corrected chi connectivity index (χ4v) is 4.02. The molecule has 7 nitrogen and oxygen atoms in total. The van der Waals surface area contributed by atoms with Crippen LogP contribution in [0.4, 0.5) is 4.39 Å². The van der Waals surface area contributed by atoms with Crippen molar-refractivity contribution in [3.8, 4) is 5.69 Å². The topological polar surface area (TPSA) is 66.2 Å². The molecule has 0 spiro atoms. The Labute approximate surface area is 176 Å². The van der Waals surface area contributed by atoms with E-state index in [-0.39, 0.29) is 12.4 Å². The third-order valence-corrected chi connectivity index (χ3v) is 5.70. The molecule has 0 amide bonds. The number of aromatic nitrogens is 5. The second-order valence-electron chi connectivity index (χ2n) is 7.70. The molecule has 2 aromatic carbocycles. The van der Waals surface area contributed by atoms with Crippen LogP contribution in [0.1, 0.15) is 16.8 Å². The van der Waals surface area contributed by atoms with Crippen LogP contribution in [0.5, 0.6) is 0 Å². The van der Waals surface area contributed by atoms with Gasteiger partial charge >= 0.3 is 5.69 Å². The Morgan fingerprint density at radius 2 is 1.71 bits per heavy atom. The molecule has 0 aliphatic carbocycles. The molecule has 31 heavy (non-hydrogen) atoms. The zero-order chi connectivity index (χ0) is 21.9. The van der Waals surface area contributed by atoms with E-state index < -0.39 is 11.2 Å². The van der Waals surface area contributed by atoms with E-state index >= 15 is 0 Å². The summed E-state index contributed by atoms with van der Waals surface area (Å²) in [5.74, 6) is 0.152. The highest BCUT2D eigenvalue weighted by atomic mass is 19.1. The summed E-state index contributed by atoms with van der Waals surface area (Å²) in [4.78, 5) is 31.0. The molecule has 3 heterocycles. The average Bonchev–Trinajstić information content (AvgIpc) is 3.26.